The third-order valence-electron chi connectivity index (χ3n) is 4.91. The van der Waals surface area contributed by atoms with Gasteiger partial charge in [-0.2, -0.15) is 0 Å². The Morgan fingerprint density at radius 3 is 2.43 bits per heavy atom. The number of aliphatic hydroxyl groups is 1. The highest BCUT2D eigenvalue weighted by molar-refractivity contribution is 6.31. The topological polar surface area (TPSA) is 26.7 Å². The number of aliphatic hydroxyl groups excluding tert-OH is 1. The number of β-amino-alcohol motifs (C(OH)–C–C–N with tert-alkyl or cyclic N) is 1. The fourth-order valence-electron chi connectivity index (χ4n) is 3.66. The summed E-state index contributed by atoms with van der Waals surface area (Å²) >= 11 is 6.16. The predicted octanol–water partition coefficient (Wildman–Crippen LogP) is 2.93. The first-order chi connectivity index (χ1) is 10.2. The van der Waals surface area contributed by atoms with Crippen LogP contribution in [0.4, 0.5) is 0 Å². The van der Waals surface area contributed by atoms with Gasteiger partial charge in [0.25, 0.3) is 0 Å². The number of piperidine rings is 1. The summed E-state index contributed by atoms with van der Waals surface area (Å²) in [6, 6.07) is 8.37. The third kappa shape index (κ3) is 3.78. The minimum absolute atomic E-state index is 0.484. The van der Waals surface area contributed by atoms with Crippen molar-refractivity contribution in [3.8, 4) is 0 Å². The van der Waals surface area contributed by atoms with Gasteiger partial charge in [0.2, 0.25) is 0 Å². The van der Waals surface area contributed by atoms with Crippen LogP contribution in [-0.2, 0) is 0 Å². The van der Waals surface area contributed by atoms with E-state index in [1.165, 1.54) is 38.8 Å². The van der Waals surface area contributed by atoms with E-state index >= 15 is 0 Å². The van der Waals surface area contributed by atoms with Crippen molar-refractivity contribution < 1.29 is 5.11 Å². The lowest BCUT2D eigenvalue weighted by molar-refractivity contribution is 0.0739. The molecule has 2 heterocycles. The molecule has 0 aromatic heterocycles. The Balaban J connectivity index is 1.50. The van der Waals surface area contributed by atoms with E-state index in [9.17, 15) is 5.11 Å². The summed E-state index contributed by atoms with van der Waals surface area (Å²) in [7, 11) is 0. The maximum absolute atomic E-state index is 10.4. The lowest BCUT2D eigenvalue weighted by Gasteiger charge is -2.37. The molecule has 2 saturated heterocycles. The summed E-state index contributed by atoms with van der Waals surface area (Å²) in [4.78, 5) is 5.03. The highest BCUT2D eigenvalue weighted by Crippen LogP contribution is 2.26. The molecule has 2 aliphatic heterocycles. The van der Waals surface area contributed by atoms with E-state index in [-0.39, 0.29) is 0 Å². The van der Waals surface area contributed by atoms with E-state index in [1.807, 2.05) is 24.3 Å². The molecule has 0 unspecified atom stereocenters. The van der Waals surface area contributed by atoms with E-state index in [1.54, 1.807) is 0 Å². The molecule has 0 amide bonds. The van der Waals surface area contributed by atoms with E-state index in [0.717, 1.165) is 24.7 Å². The summed E-state index contributed by atoms with van der Waals surface area (Å²) < 4.78 is 0. The molecular weight excluding hydrogens is 284 g/mol. The van der Waals surface area contributed by atoms with Gasteiger partial charge in [0.15, 0.2) is 0 Å². The SMILES string of the molecule is O[C@H](CN1CCC(N2CCCC2)CC1)c1ccccc1Cl. The van der Waals surface area contributed by atoms with Gasteiger partial charge in [-0.15, -0.1) is 0 Å². The monoisotopic (exact) mass is 308 g/mol. The lowest BCUT2D eigenvalue weighted by Crippen LogP contribution is -2.44. The van der Waals surface area contributed by atoms with Crippen LogP contribution in [0.2, 0.25) is 5.02 Å². The van der Waals surface area contributed by atoms with Crippen molar-refractivity contribution in [2.24, 2.45) is 0 Å². The number of nitrogens with zero attached hydrogens (tertiary/aromatic N) is 2. The smallest absolute Gasteiger partial charge is 0.0931 e. The molecule has 0 saturated carbocycles. The van der Waals surface area contributed by atoms with Gasteiger partial charge in [-0.05, 0) is 57.9 Å². The molecule has 1 aromatic rings. The average Bonchev–Trinajstić information content (AvgIpc) is 3.02. The van der Waals surface area contributed by atoms with Gasteiger partial charge in [-0.25, -0.2) is 0 Å². The van der Waals surface area contributed by atoms with Crippen molar-refractivity contribution in [3.63, 3.8) is 0 Å². The van der Waals surface area contributed by atoms with Gasteiger partial charge in [0.05, 0.1) is 6.10 Å². The highest BCUT2D eigenvalue weighted by atomic mass is 35.5. The molecule has 0 radical (unpaired) electrons. The van der Waals surface area contributed by atoms with Gasteiger partial charge in [0.1, 0.15) is 0 Å². The quantitative estimate of drug-likeness (QED) is 0.926. The van der Waals surface area contributed by atoms with Crippen LogP contribution < -0.4 is 0 Å². The van der Waals surface area contributed by atoms with Crippen LogP contribution >= 0.6 is 11.6 Å². The highest BCUT2D eigenvalue weighted by Gasteiger charge is 2.27. The molecule has 3 rings (SSSR count). The summed E-state index contributed by atoms with van der Waals surface area (Å²) in [5.41, 5.74) is 0.848. The number of hydrogen-bond acceptors (Lipinski definition) is 3. The van der Waals surface area contributed by atoms with Gasteiger partial charge < -0.3 is 14.9 Å². The molecule has 0 bridgehead atoms. The van der Waals surface area contributed by atoms with Crippen molar-refractivity contribution in [2.45, 2.75) is 37.8 Å². The Hall–Kier alpha value is -0.610. The number of halogens is 1. The van der Waals surface area contributed by atoms with Crippen LogP contribution in [-0.4, -0.2) is 53.7 Å². The number of benzene rings is 1. The fourth-order valence-corrected chi connectivity index (χ4v) is 3.92. The van der Waals surface area contributed by atoms with E-state index in [0.29, 0.717) is 11.6 Å². The second-order valence-corrected chi connectivity index (χ2v) is 6.72. The standard InChI is InChI=1S/C17H25ClN2O/c18-16-6-2-1-5-15(16)17(21)13-19-11-7-14(8-12-19)20-9-3-4-10-20/h1-2,5-6,14,17,21H,3-4,7-13H2/t17-/m1/s1. The first-order valence-corrected chi connectivity index (χ1v) is 8.51. The molecule has 2 aliphatic rings. The van der Waals surface area contributed by atoms with Gasteiger partial charge in [-0.1, -0.05) is 29.8 Å². The fraction of sp³-hybridized carbons (Fsp3) is 0.647. The van der Waals surface area contributed by atoms with Crippen LogP contribution in [0.3, 0.4) is 0 Å². The second kappa shape index (κ2) is 7.10. The molecule has 4 heteroatoms. The summed E-state index contributed by atoms with van der Waals surface area (Å²) in [6.07, 6.45) is 4.71. The minimum atomic E-state index is -0.484. The Kier molecular flexibility index (Phi) is 5.17. The number of rotatable bonds is 4. The second-order valence-electron chi connectivity index (χ2n) is 6.31. The molecule has 1 N–H and O–H groups in total. The zero-order chi connectivity index (χ0) is 14.7. The molecule has 0 aliphatic carbocycles. The normalized spacial score (nSPS) is 23.5. The molecule has 3 nitrogen and oxygen atoms in total. The van der Waals surface area contributed by atoms with Crippen LogP contribution in [0, 0.1) is 0 Å². The Bertz CT molecular complexity index is 454. The summed E-state index contributed by atoms with van der Waals surface area (Å²) in [5.74, 6) is 0. The predicted molar refractivity (Wildman–Crippen MR) is 86.7 cm³/mol. The van der Waals surface area contributed by atoms with Gasteiger partial charge in [-0.3, -0.25) is 0 Å². The third-order valence-corrected chi connectivity index (χ3v) is 5.25. The molecule has 2 fully saturated rings. The maximum atomic E-state index is 10.4. The van der Waals surface area contributed by atoms with Crippen LogP contribution in [0.1, 0.15) is 37.4 Å². The minimum Gasteiger partial charge on any atom is -0.387 e. The Morgan fingerprint density at radius 2 is 1.76 bits per heavy atom. The average molecular weight is 309 g/mol. The van der Waals surface area contributed by atoms with E-state index < -0.39 is 6.10 Å². The van der Waals surface area contributed by atoms with Crippen molar-refractivity contribution in [1.29, 1.82) is 0 Å². The maximum Gasteiger partial charge on any atom is 0.0931 e. The molecule has 21 heavy (non-hydrogen) atoms. The largest absolute Gasteiger partial charge is 0.387 e. The zero-order valence-corrected chi connectivity index (χ0v) is 13.3. The summed E-state index contributed by atoms with van der Waals surface area (Å²) in [5, 5.41) is 11.1. The molecule has 1 aromatic carbocycles. The van der Waals surface area contributed by atoms with Crippen molar-refractivity contribution >= 4 is 11.6 Å². The Morgan fingerprint density at radius 1 is 1.10 bits per heavy atom. The Labute approximate surface area is 132 Å². The van der Waals surface area contributed by atoms with Crippen molar-refractivity contribution in [3.05, 3.63) is 34.9 Å². The zero-order valence-electron chi connectivity index (χ0n) is 12.5. The van der Waals surface area contributed by atoms with Gasteiger partial charge in [0, 0.05) is 23.2 Å². The molecular formula is C17H25ClN2O. The summed E-state index contributed by atoms with van der Waals surface area (Å²) in [6.45, 7) is 5.43. The van der Waals surface area contributed by atoms with E-state index in [4.69, 9.17) is 11.6 Å². The van der Waals surface area contributed by atoms with Gasteiger partial charge >= 0.3 is 0 Å². The molecule has 1 atom stereocenters. The first kappa shape index (κ1) is 15.3. The number of likely N-dealkylation sites (tertiary alicyclic amines) is 2. The van der Waals surface area contributed by atoms with Crippen LogP contribution in [0.15, 0.2) is 24.3 Å². The van der Waals surface area contributed by atoms with E-state index in [2.05, 4.69) is 9.80 Å². The number of hydrogen-bond donors (Lipinski definition) is 1. The molecule has 0 spiro atoms. The van der Waals surface area contributed by atoms with Crippen molar-refractivity contribution in [1.82, 2.24) is 9.80 Å². The van der Waals surface area contributed by atoms with Crippen LogP contribution in [0.25, 0.3) is 0 Å². The molecule has 116 valence electrons. The lowest BCUT2D eigenvalue weighted by atomic mass is 10.0. The van der Waals surface area contributed by atoms with Crippen LogP contribution in [0.5, 0.6) is 0 Å². The first-order valence-electron chi connectivity index (χ1n) is 8.13. The van der Waals surface area contributed by atoms with Crippen molar-refractivity contribution in [2.75, 3.05) is 32.7 Å².